The Morgan fingerprint density at radius 1 is 1.35 bits per heavy atom. The summed E-state index contributed by atoms with van der Waals surface area (Å²) >= 11 is 6.07. The number of aromatic nitrogens is 2. The monoisotopic (exact) mass is 331 g/mol. The molecular weight excluding hydrogens is 314 g/mol. The number of rotatable bonds is 5. The maximum atomic E-state index is 12.3. The molecule has 1 aromatic heterocycles. The minimum atomic E-state index is -0.663. The van der Waals surface area contributed by atoms with Crippen LogP contribution in [0.5, 0.6) is 0 Å². The van der Waals surface area contributed by atoms with Crippen molar-refractivity contribution >= 4 is 17.5 Å². The highest BCUT2D eigenvalue weighted by Crippen LogP contribution is 2.38. The maximum Gasteiger partial charge on any atom is 0.267 e. The Morgan fingerprint density at radius 3 is 2.78 bits per heavy atom. The zero-order chi connectivity index (χ0) is 16.4. The van der Waals surface area contributed by atoms with Crippen molar-refractivity contribution < 1.29 is 4.79 Å². The van der Waals surface area contributed by atoms with Crippen LogP contribution in [-0.4, -0.2) is 15.7 Å². The first-order valence-corrected chi connectivity index (χ1v) is 8.05. The van der Waals surface area contributed by atoms with Crippen LogP contribution in [0.2, 0.25) is 5.02 Å². The molecule has 1 amide bonds. The molecule has 0 bridgehead atoms. The molecule has 5 nitrogen and oxygen atoms in total. The van der Waals surface area contributed by atoms with E-state index in [0.717, 1.165) is 24.1 Å². The van der Waals surface area contributed by atoms with Crippen LogP contribution >= 0.6 is 11.6 Å². The number of nitrogens with zero attached hydrogens (tertiary/aromatic N) is 2. The van der Waals surface area contributed by atoms with E-state index in [9.17, 15) is 9.59 Å². The van der Waals surface area contributed by atoms with Crippen molar-refractivity contribution in [2.24, 2.45) is 0 Å². The van der Waals surface area contributed by atoms with Crippen LogP contribution in [0, 0.1) is 0 Å². The first-order valence-electron chi connectivity index (χ1n) is 7.67. The summed E-state index contributed by atoms with van der Waals surface area (Å²) in [5.74, 6) is 0.174. The third-order valence-electron chi connectivity index (χ3n) is 4.00. The molecule has 1 aliphatic rings. The number of halogens is 1. The van der Waals surface area contributed by atoms with Crippen molar-refractivity contribution in [2.45, 2.75) is 38.3 Å². The average molecular weight is 332 g/mol. The van der Waals surface area contributed by atoms with E-state index in [1.54, 1.807) is 19.1 Å². The van der Waals surface area contributed by atoms with Gasteiger partial charge >= 0.3 is 0 Å². The Bertz CT molecular complexity index is 783. The van der Waals surface area contributed by atoms with Gasteiger partial charge in [0.25, 0.3) is 5.56 Å². The predicted octanol–water partition coefficient (Wildman–Crippen LogP) is 2.65. The third kappa shape index (κ3) is 3.62. The lowest BCUT2D eigenvalue weighted by atomic mass is 10.2. The van der Waals surface area contributed by atoms with E-state index in [1.807, 2.05) is 18.2 Å². The summed E-state index contributed by atoms with van der Waals surface area (Å²) < 4.78 is 1.26. The molecule has 1 heterocycles. The standard InChI is InChI=1S/C17H18ClN3O2/c1-11(17(23)19-10-13-4-2-3-5-14(13)18)21-16(22)9-8-15(20-21)12-6-7-12/h2-5,8-9,11-12H,6-7,10H2,1H3,(H,19,23)/t11-/m0/s1. The minimum absolute atomic E-state index is 0.257. The molecule has 6 heteroatoms. The Hall–Kier alpha value is -2.14. The fraction of sp³-hybridized carbons (Fsp3) is 0.353. The number of benzene rings is 1. The van der Waals surface area contributed by atoms with E-state index < -0.39 is 6.04 Å². The van der Waals surface area contributed by atoms with Gasteiger partial charge in [-0.1, -0.05) is 29.8 Å². The second kappa shape index (κ2) is 6.54. The predicted molar refractivity (Wildman–Crippen MR) is 88.5 cm³/mol. The van der Waals surface area contributed by atoms with Crippen molar-refractivity contribution in [3.63, 3.8) is 0 Å². The molecule has 1 atom stereocenters. The Morgan fingerprint density at radius 2 is 2.09 bits per heavy atom. The van der Waals surface area contributed by atoms with Crippen molar-refractivity contribution in [1.82, 2.24) is 15.1 Å². The third-order valence-corrected chi connectivity index (χ3v) is 4.37. The van der Waals surface area contributed by atoms with E-state index in [2.05, 4.69) is 10.4 Å². The van der Waals surface area contributed by atoms with Crippen molar-refractivity contribution in [3.05, 3.63) is 63.0 Å². The summed E-state index contributed by atoms with van der Waals surface area (Å²) in [6, 6.07) is 9.90. The van der Waals surface area contributed by atoms with Gasteiger partial charge in [0.2, 0.25) is 5.91 Å². The highest BCUT2D eigenvalue weighted by molar-refractivity contribution is 6.31. The lowest BCUT2D eigenvalue weighted by molar-refractivity contribution is -0.124. The fourth-order valence-corrected chi connectivity index (χ4v) is 2.60. The molecule has 0 aliphatic heterocycles. The van der Waals surface area contributed by atoms with Gasteiger partial charge in [0.1, 0.15) is 6.04 Å². The van der Waals surface area contributed by atoms with Gasteiger partial charge in [0.15, 0.2) is 0 Å². The second-order valence-electron chi connectivity index (χ2n) is 5.80. The molecule has 2 aromatic rings. The van der Waals surface area contributed by atoms with Crippen LogP contribution in [0.3, 0.4) is 0 Å². The van der Waals surface area contributed by atoms with Crippen LogP contribution < -0.4 is 10.9 Å². The molecule has 1 N–H and O–H groups in total. The average Bonchev–Trinajstić information content (AvgIpc) is 3.38. The van der Waals surface area contributed by atoms with E-state index >= 15 is 0 Å². The van der Waals surface area contributed by atoms with Gasteiger partial charge in [-0.2, -0.15) is 5.10 Å². The van der Waals surface area contributed by atoms with Gasteiger partial charge in [-0.3, -0.25) is 9.59 Å². The topological polar surface area (TPSA) is 64.0 Å². The molecule has 23 heavy (non-hydrogen) atoms. The van der Waals surface area contributed by atoms with Crippen molar-refractivity contribution in [1.29, 1.82) is 0 Å². The van der Waals surface area contributed by atoms with Crippen molar-refractivity contribution in [2.75, 3.05) is 0 Å². The smallest absolute Gasteiger partial charge is 0.267 e. The van der Waals surface area contributed by atoms with E-state index in [0.29, 0.717) is 17.5 Å². The molecule has 0 saturated heterocycles. The molecule has 1 aromatic carbocycles. The second-order valence-corrected chi connectivity index (χ2v) is 6.21. The minimum Gasteiger partial charge on any atom is -0.350 e. The molecule has 0 spiro atoms. The Kier molecular flexibility index (Phi) is 4.48. The first kappa shape index (κ1) is 15.7. The molecule has 0 radical (unpaired) electrons. The number of hydrogen-bond donors (Lipinski definition) is 1. The van der Waals surface area contributed by atoms with Crippen LogP contribution in [0.15, 0.2) is 41.2 Å². The molecule has 3 rings (SSSR count). The van der Waals surface area contributed by atoms with E-state index in [-0.39, 0.29) is 11.5 Å². The van der Waals surface area contributed by atoms with E-state index in [4.69, 9.17) is 11.6 Å². The molecule has 1 aliphatic carbocycles. The fourth-order valence-electron chi connectivity index (χ4n) is 2.40. The number of carbonyl (C=O) groups is 1. The van der Waals surface area contributed by atoms with Gasteiger partial charge in [-0.25, -0.2) is 4.68 Å². The summed E-state index contributed by atoms with van der Waals surface area (Å²) in [5.41, 5.74) is 1.45. The summed E-state index contributed by atoms with van der Waals surface area (Å²) in [6.45, 7) is 1.99. The molecular formula is C17H18ClN3O2. The highest BCUT2D eigenvalue weighted by Gasteiger charge is 2.27. The lowest BCUT2D eigenvalue weighted by Gasteiger charge is -2.15. The Balaban J connectivity index is 1.71. The van der Waals surface area contributed by atoms with Crippen LogP contribution in [0.1, 0.15) is 43.0 Å². The van der Waals surface area contributed by atoms with Gasteiger partial charge in [0, 0.05) is 23.6 Å². The largest absolute Gasteiger partial charge is 0.350 e. The van der Waals surface area contributed by atoms with Gasteiger partial charge in [-0.15, -0.1) is 0 Å². The zero-order valence-electron chi connectivity index (χ0n) is 12.8. The summed E-state index contributed by atoms with van der Waals surface area (Å²) in [5, 5.41) is 7.75. The van der Waals surface area contributed by atoms with E-state index in [1.165, 1.54) is 10.7 Å². The van der Waals surface area contributed by atoms with Crippen LogP contribution in [0.25, 0.3) is 0 Å². The molecule has 1 saturated carbocycles. The quantitative estimate of drug-likeness (QED) is 0.916. The summed E-state index contributed by atoms with van der Waals surface area (Å²) in [7, 11) is 0. The number of amides is 1. The summed E-state index contributed by atoms with van der Waals surface area (Å²) in [4.78, 5) is 24.3. The van der Waals surface area contributed by atoms with Crippen LogP contribution in [0.4, 0.5) is 0 Å². The number of nitrogens with one attached hydrogen (secondary N) is 1. The molecule has 120 valence electrons. The van der Waals surface area contributed by atoms with Gasteiger partial charge < -0.3 is 5.32 Å². The summed E-state index contributed by atoms with van der Waals surface area (Å²) in [6.07, 6.45) is 2.19. The SMILES string of the molecule is C[C@@H](C(=O)NCc1ccccc1Cl)n1nc(C2CC2)ccc1=O. The maximum absolute atomic E-state index is 12.3. The van der Waals surface area contributed by atoms with Crippen LogP contribution in [-0.2, 0) is 11.3 Å². The lowest BCUT2D eigenvalue weighted by Crippen LogP contribution is -2.37. The highest BCUT2D eigenvalue weighted by atomic mass is 35.5. The molecule has 1 fully saturated rings. The van der Waals surface area contributed by atoms with Crippen molar-refractivity contribution in [3.8, 4) is 0 Å². The van der Waals surface area contributed by atoms with Gasteiger partial charge in [-0.05, 0) is 37.5 Å². The normalized spacial score (nSPS) is 15.2. The first-order chi connectivity index (χ1) is 11.1. The zero-order valence-corrected chi connectivity index (χ0v) is 13.6. The number of carbonyl (C=O) groups excluding carboxylic acids is 1. The Labute approximate surface area is 139 Å². The molecule has 0 unspecified atom stereocenters. The van der Waals surface area contributed by atoms with Gasteiger partial charge in [0.05, 0.1) is 5.69 Å². The number of hydrogen-bond acceptors (Lipinski definition) is 3.